The van der Waals surface area contributed by atoms with E-state index < -0.39 is 0 Å². The molecule has 0 bridgehead atoms. The molecular weight excluding hydrogens is 222 g/mol. The first-order valence-electron chi connectivity index (χ1n) is 5.50. The van der Waals surface area contributed by atoms with Gasteiger partial charge in [-0.05, 0) is 17.7 Å². The molecule has 3 heteroatoms. The molecule has 1 saturated heterocycles. The summed E-state index contributed by atoms with van der Waals surface area (Å²) in [7, 11) is 0. The topological polar surface area (TPSA) is 12.5 Å². The van der Waals surface area contributed by atoms with Crippen LogP contribution in [0.3, 0.4) is 0 Å². The maximum Gasteiger partial charge on any atom is 0.0952 e. The highest BCUT2D eigenvalue weighted by molar-refractivity contribution is 6.30. The van der Waals surface area contributed by atoms with E-state index in [1.165, 1.54) is 5.56 Å². The van der Waals surface area contributed by atoms with Crippen LogP contribution < -0.4 is 0 Å². The first-order valence-corrected chi connectivity index (χ1v) is 5.87. The molecular formula is C13H16ClNO. The predicted octanol–water partition coefficient (Wildman–Crippen LogP) is 2.90. The maximum atomic E-state index is 5.86. The van der Waals surface area contributed by atoms with E-state index in [-0.39, 0.29) is 6.10 Å². The summed E-state index contributed by atoms with van der Waals surface area (Å²) < 4.78 is 5.76. The molecule has 0 aromatic heterocycles. The lowest BCUT2D eigenvalue weighted by atomic mass is 10.1. The Labute approximate surface area is 101 Å². The van der Waals surface area contributed by atoms with E-state index in [0.29, 0.717) is 0 Å². The molecule has 1 heterocycles. The lowest BCUT2D eigenvalue weighted by molar-refractivity contribution is -0.0260. The summed E-state index contributed by atoms with van der Waals surface area (Å²) in [5, 5.41) is 0.766. The third-order valence-corrected chi connectivity index (χ3v) is 3.03. The molecule has 1 aromatic carbocycles. The minimum absolute atomic E-state index is 0.158. The highest BCUT2D eigenvalue weighted by Gasteiger charge is 2.20. The van der Waals surface area contributed by atoms with E-state index in [2.05, 4.69) is 11.5 Å². The van der Waals surface area contributed by atoms with Crippen LogP contribution in [0.1, 0.15) is 11.7 Å². The van der Waals surface area contributed by atoms with Gasteiger partial charge in [0.2, 0.25) is 0 Å². The van der Waals surface area contributed by atoms with E-state index in [9.17, 15) is 0 Å². The third kappa shape index (κ3) is 2.85. The summed E-state index contributed by atoms with van der Waals surface area (Å²) in [4.78, 5) is 2.34. The molecule has 2 nitrogen and oxygen atoms in total. The quantitative estimate of drug-likeness (QED) is 0.750. The lowest BCUT2D eigenvalue weighted by Gasteiger charge is -2.32. The second-order valence-electron chi connectivity index (χ2n) is 3.96. The molecule has 0 aliphatic carbocycles. The van der Waals surface area contributed by atoms with Crippen LogP contribution >= 0.6 is 11.6 Å². The van der Waals surface area contributed by atoms with E-state index in [1.54, 1.807) is 0 Å². The molecule has 2 rings (SSSR count). The van der Waals surface area contributed by atoms with Crippen LogP contribution in [0.5, 0.6) is 0 Å². The second kappa shape index (κ2) is 5.48. The Morgan fingerprint density at radius 3 is 2.88 bits per heavy atom. The SMILES string of the molecule is C=CCN1CCO[C@H](c2ccc(Cl)cc2)C1. The third-order valence-electron chi connectivity index (χ3n) is 2.78. The minimum Gasteiger partial charge on any atom is -0.371 e. The summed E-state index contributed by atoms with van der Waals surface area (Å²) >= 11 is 5.86. The monoisotopic (exact) mass is 237 g/mol. The smallest absolute Gasteiger partial charge is 0.0952 e. The van der Waals surface area contributed by atoms with E-state index >= 15 is 0 Å². The van der Waals surface area contributed by atoms with Gasteiger partial charge in [-0.25, -0.2) is 0 Å². The standard InChI is InChI=1S/C13H16ClNO/c1-2-7-15-8-9-16-13(10-15)11-3-5-12(14)6-4-11/h2-6,13H,1,7-10H2/t13-/m0/s1. The van der Waals surface area contributed by atoms with E-state index in [4.69, 9.17) is 16.3 Å². The largest absolute Gasteiger partial charge is 0.371 e. The van der Waals surface area contributed by atoms with Crippen LogP contribution in [0, 0.1) is 0 Å². The van der Waals surface area contributed by atoms with Crippen molar-refractivity contribution in [3.8, 4) is 0 Å². The normalized spacial score (nSPS) is 21.9. The van der Waals surface area contributed by atoms with Gasteiger partial charge in [-0.1, -0.05) is 29.8 Å². The minimum atomic E-state index is 0.158. The van der Waals surface area contributed by atoms with Crippen molar-refractivity contribution < 1.29 is 4.74 Å². The first kappa shape index (κ1) is 11.6. The number of rotatable bonds is 3. The van der Waals surface area contributed by atoms with Crippen LogP contribution in [0.25, 0.3) is 0 Å². The van der Waals surface area contributed by atoms with Gasteiger partial charge in [0.25, 0.3) is 0 Å². The van der Waals surface area contributed by atoms with Gasteiger partial charge in [0.1, 0.15) is 0 Å². The highest BCUT2D eigenvalue weighted by Crippen LogP contribution is 2.23. The van der Waals surface area contributed by atoms with Crippen molar-refractivity contribution in [1.29, 1.82) is 0 Å². The molecule has 1 aromatic rings. The number of hydrogen-bond acceptors (Lipinski definition) is 2. The van der Waals surface area contributed by atoms with Gasteiger partial charge in [0.05, 0.1) is 12.7 Å². The van der Waals surface area contributed by atoms with Crippen molar-refractivity contribution in [2.75, 3.05) is 26.2 Å². The average molecular weight is 238 g/mol. The van der Waals surface area contributed by atoms with Crippen molar-refractivity contribution in [2.24, 2.45) is 0 Å². The van der Waals surface area contributed by atoms with Gasteiger partial charge >= 0.3 is 0 Å². The zero-order valence-electron chi connectivity index (χ0n) is 9.23. The zero-order chi connectivity index (χ0) is 11.4. The highest BCUT2D eigenvalue weighted by atomic mass is 35.5. The molecule has 1 fully saturated rings. The van der Waals surface area contributed by atoms with Gasteiger partial charge in [0.15, 0.2) is 0 Å². The molecule has 0 unspecified atom stereocenters. The lowest BCUT2D eigenvalue weighted by Crippen LogP contribution is -2.38. The number of nitrogens with zero attached hydrogens (tertiary/aromatic N) is 1. The van der Waals surface area contributed by atoms with Crippen molar-refractivity contribution in [3.63, 3.8) is 0 Å². The van der Waals surface area contributed by atoms with Gasteiger partial charge in [-0.2, -0.15) is 0 Å². The summed E-state index contributed by atoms with van der Waals surface area (Å²) in [6.45, 7) is 7.37. The van der Waals surface area contributed by atoms with Crippen LogP contribution in [0.15, 0.2) is 36.9 Å². The van der Waals surface area contributed by atoms with Gasteiger partial charge < -0.3 is 4.74 Å². The van der Waals surface area contributed by atoms with Gasteiger partial charge in [-0.3, -0.25) is 4.90 Å². The summed E-state index contributed by atoms with van der Waals surface area (Å²) in [6, 6.07) is 7.88. The van der Waals surface area contributed by atoms with Crippen LogP contribution in [0.2, 0.25) is 5.02 Å². The molecule has 0 spiro atoms. The fourth-order valence-corrected chi connectivity index (χ4v) is 2.06. The Morgan fingerprint density at radius 1 is 1.44 bits per heavy atom. The van der Waals surface area contributed by atoms with E-state index in [0.717, 1.165) is 31.3 Å². The molecule has 86 valence electrons. The van der Waals surface area contributed by atoms with Gasteiger partial charge in [0, 0.05) is 24.7 Å². The van der Waals surface area contributed by atoms with Crippen molar-refractivity contribution in [3.05, 3.63) is 47.5 Å². The maximum absolute atomic E-state index is 5.86. The average Bonchev–Trinajstić information content (AvgIpc) is 2.31. The molecule has 1 aliphatic heterocycles. The Kier molecular flexibility index (Phi) is 3.99. The second-order valence-corrected chi connectivity index (χ2v) is 4.40. The van der Waals surface area contributed by atoms with Crippen molar-refractivity contribution >= 4 is 11.6 Å². The number of benzene rings is 1. The Hall–Kier alpha value is -0.830. The number of hydrogen-bond donors (Lipinski definition) is 0. The Morgan fingerprint density at radius 2 is 2.19 bits per heavy atom. The zero-order valence-corrected chi connectivity index (χ0v) is 9.99. The number of morpholine rings is 1. The fourth-order valence-electron chi connectivity index (χ4n) is 1.93. The summed E-state index contributed by atoms with van der Waals surface area (Å²) in [5.41, 5.74) is 1.19. The first-order chi connectivity index (χ1) is 7.79. The van der Waals surface area contributed by atoms with Crippen molar-refractivity contribution in [1.82, 2.24) is 4.90 Å². The number of ether oxygens (including phenoxy) is 1. The molecule has 0 amide bonds. The Balaban J connectivity index is 2.03. The summed E-state index contributed by atoms with van der Waals surface area (Å²) in [6.07, 6.45) is 2.09. The molecule has 0 saturated carbocycles. The van der Waals surface area contributed by atoms with Crippen LogP contribution in [0.4, 0.5) is 0 Å². The Bertz CT molecular complexity index is 349. The van der Waals surface area contributed by atoms with Gasteiger partial charge in [-0.15, -0.1) is 6.58 Å². The molecule has 1 atom stereocenters. The van der Waals surface area contributed by atoms with Crippen LogP contribution in [-0.2, 0) is 4.74 Å². The van der Waals surface area contributed by atoms with Crippen molar-refractivity contribution in [2.45, 2.75) is 6.10 Å². The molecule has 0 N–H and O–H groups in total. The number of halogens is 1. The predicted molar refractivity (Wildman–Crippen MR) is 66.8 cm³/mol. The van der Waals surface area contributed by atoms with Crippen LogP contribution in [-0.4, -0.2) is 31.1 Å². The molecule has 1 aliphatic rings. The molecule has 16 heavy (non-hydrogen) atoms. The molecule has 0 radical (unpaired) electrons. The van der Waals surface area contributed by atoms with E-state index in [1.807, 2.05) is 30.3 Å². The summed E-state index contributed by atoms with van der Waals surface area (Å²) in [5.74, 6) is 0. The fraction of sp³-hybridized carbons (Fsp3) is 0.385.